The zero-order chi connectivity index (χ0) is 16.7. The highest BCUT2D eigenvalue weighted by Gasteiger charge is 2.11. The van der Waals surface area contributed by atoms with Crippen molar-refractivity contribution in [2.75, 3.05) is 6.54 Å². The van der Waals surface area contributed by atoms with Gasteiger partial charge in [-0.25, -0.2) is 0 Å². The maximum atomic E-state index is 11.9. The second-order valence-electron chi connectivity index (χ2n) is 4.53. The van der Waals surface area contributed by atoms with E-state index >= 15 is 0 Å². The lowest BCUT2D eigenvalue weighted by molar-refractivity contribution is -0.120. The van der Waals surface area contributed by atoms with Gasteiger partial charge in [0, 0.05) is 5.56 Å². The molecule has 0 aliphatic rings. The lowest BCUT2D eigenvalue weighted by Gasteiger charge is -2.09. The zero-order valence-electron chi connectivity index (χ0n) is 12.0. The van der Waals surface area contributed by atoms with E-state index in [0.29, 0.717) is 10.6 Å². The van der Waals surface area contributed by atoms with Gasteiger partial charge in [-0.05, 0) is 24.3 Å². The first-order chi connectivity index (χ1) is 11.1. The van der Waals surface area contributed by atoms with Crippen LogP contribution in [0.3, 0.4) is 0 Å². The molecule has 0 aliphatic carbocycles. The van der Waals surface area contributed by atoms with Gasteiger partial charge in [0.15, 0.2) is 0 Å². The summed E-state index contributed by atoms with van der Waals surface area (Å²) in [7, 11) is 0. The molecule has 6 nitrogen and oxygen atoms in total. The fourth-order valence-electron chi connectivity index (χ4n) is 1.73. The van der Waals surface area contributed by atoms with Crippen molar-refractivity contribution in [3.8, 4) is 0 Å². The molecule has 118 valence electrons. The van der Waals surface area contributed by atoms with Gasteiger partial charge >= 0.3 is 0 Å². The molecule has 0 aliphatic heterocycles. The number of benzene rings is 2. The molecule has 0 heterocycles. The third-order valence-corrected chi connectivity index (χ3v) is 3.21. The molecule has 3 amide bonds. The molecule has 0 spiro atoms. The number of halogens is 1. The number of amides is 3. The van der Waals surface area contributed by atoms with Crippen LogP contribution in [-0.2, 0) is 4.79 Å². The van der Waals surface area contributed by atoms with E-state index in [1.807, 2.05) is 0 Å². The lowest BCUT2D eigenvalue weighted by atomic mass is 10.2. The summed E-state index contributed by atoms with van der Waals surface area (Å²) in [5, 5.41) is 2.71. The first-order valence-corrected chi connectivity index (χ1v) is 7.12. The summed E-state index contributed by atoms with van der Waals surface area (Å²) in [6.07, 6.45) is 0. The number of carbonyl (C=O) groups excluding carboxylic acids is 3. The molecule has 0 unspecified atom stereocenters. The maximum Gasteiger partial charge on any atom is 0.269 e. The number of hydrazine groups is 1. The number of hydrogen-bond acceptors (Lipinski definition) is 3. The molecule has 2 rings (SSSR count). The minimum Gasteiger partial charge on any atom is -0.343 e. The Hall–Kier alpha value is -2.86. The fourth-order valence-corrected chi connectivity index (χ4v) is 1.96. The van der Waals surface area contributed by atoms with Gasteiger partial charge in [-0.2, -0.15) is 0 Å². The molecular formula is C16H14ClN3O3. The largest absolute Gasteiger partial charge is 0.343 e. The molecule has 0 radical (unpaired) electrons. The summed E-state index contributed by atoms with van der Waals surface area (Å²) in [6.45, 7) is -0.293. The van der Waals surface area contributed by atoms with E-state index in [9.17, 15) is 14.4 Å². The average molecular weight is 332 g/mol. The number of nitrogens with one attached hydrogen (secondary N) is 3. The van der Waals surface area contributed by atoms with E-state index < -0.39 is 17.7 Å². The van der Waals surface area contributed by atoms with Crippen molar-refractivity contribution < 1.29 is 14.4 Å². The summed E-state index contributed by atoms with van der Waals surface area (Å²) < 4.78 is 0. The highest BCUT2D eigenvalue weighted by molar-refractivity contribution is 6.33. The van der Waals surface area contributed by atoms with E-state index in [1.165, 1.54) is 0 Å². The first kappa shape index (κ1) is 16.5. The van der Waals surface area contributed by atoms with Gasteiger partial charge in [-0.15, -0.1) is 0 Å². The van der Waals surface area contributed by atoms with Crippen molar-refractivity contribution >= 4 is 29.3 Å². The second-order valence-corrected chi connectivity index (χ2v) is 4.94. The van der Waals surface area contributed by atoms with Crippen LogP contribution >= 0.6 is 11.6 Å². The van der Waals surface area contributed by atoms with Crippen LogP contribution in [0.2, 0.25) is 5.02 Å². The summed E-state index contributed by atoms with van der Waals surface area (Å²) in [5.41, 5.74) is 5.16. The third kappa shape index (κ3) is 4.82. The zero-order valence-corrected chi connectivity index (χ0v) is 12.8. The van der Waals surface area contributed by atoms with Gasteiger partial charge in [0.2, 0.25) is 0 Å². The molecule has 2 aromatic rings. The monoisotopic (exact) mass is 331 g/mol. The van der Waals surface area contributed by atoms with Crippen LogP contribution in [0.5, 0.6) is 0 Å². The Morgan fingerprint density at radius 3 is 2.17 bits per heavy atom. The summed E-state index contributed by atoms with van der Waals surface area (Å²) >= 11 is 5.89. The van der Waals surface area contributed by atoms with Crippen LogP contribution < -0.4 is 16.2 Å². The summed E-state index contributed by atoms with van der Waals surface area (Å²) in [4.78, 5) is 35.2. The molecule has 23 heavy (non-hydrogen) atoms. The van der Waals surface area contributed by atoms with Gasteiger partial charge in [0.1, 0.15) is 0 Å². The minimum absolute atomic E-state index is 0.273. The summed E-state index contributed by atoms with van der Waals surface area (Å²) in [5.74, 6) is -1.48. The number of rotatable bonds is 4. The van der Waals surface area contributed by atoms with E-state index in [1.54, 1.807) is 54.6 Å². The Kier molecular flexibility index (Phi) is 5.71. The molecule has 3 N–H and O–H groups in total. The minimum atomic E-state index is -0.560. The molecule has 0 saturated carbocycles. The standard InChI is InChI=1S/C16H14ClN3O3/c17-13-9-5-4-8-12(13)16(23)18-10-14(21)19-20-15(22)11-6-2-1-3-7-11/h1-9H,10H2,(H,18,23)(H,19,21)(H,20,22). The Labute approximate surface area is 137 Å². The van der Waals surface area contributed by atoms with Crippen molar-refractivity contribution in [3.05, 3.63) is 70.7 Å². The smallest absolute Gasteiger partial charge is 0.269 e. The van der Waals surface area contributed by atoms with Crippen molar-refractivity contribution in [2.45, 2.75) is 0 Å². The lowest BCUT2D eigenvalue weighted by Crippen LogP contribution is -2.46. The quantitative estimate of drug-likeness (QED) is 0.742. The van der Waals surface area contributed by atoms with E-state index in [4.69, 9.17) is 11.6 Å². The van der Waals surface area contributed by atoms with Gasteiger partial charge in [-0.3, -0.25) is 25.2 Å². The van der Waals surface area contributed by atoms with Crippen LogP contribution in [0.25, 0.3) is 0 Å². The molecule has 0 bridgehead atoms. The SMILES string of the molecule is O=C(CNC(=O)c1ccccc1Cl)NNC(=O)c1ccccc1. The predicted octanol–water partition coefficient (Wildman–Crippen LogP) is 1.53. The molecule has 2 aromatic carbocycles. The van der Waals surface area contributed by atoms with Gasteiger partial charge in [0.05, 0.1) is 17.1 Å². The van der Waals surface area contributed by atoms with Crippen molar-refractivity contribution in [3.63, 3.8) is 0 Å². The van der Waals surface area contributed by atoms with E-state index in [2.05, 4.69) is 16.2 Å². The third-order valence-electron chi connectivity index (χ3n) is 2.88. The highest BCUT2D eigenvalue weighted by Crippen LogP contribution is 2.14. The Morgan fingerprint density at radius 1 is 0.826 bits per heavy atom. The van der Waals surface area contributed by atoms with E-state index in [0.717, 1.165) is 0 Å². The normalized spacial score (nSPS) is 9.78. The van der Waals surface area contributed by atoms with Gasteiger partial charge < -0.3 is 5.32 Å². The van der Waals surface area contributed by atoms with Crippen LogP contribution in [0.4, 0.5) is 0 Å². The molecule has 0 atom stereocenters. The predicted molar refractivity (Wildman–Crippen MR) is 85.8 cm³/mol. The van der Waals surface area contributed by atoms with Gasteiger partial charge in [0.25, 0.3) is 17.7 Å². The average Bonchev–Trinajstić information content (AvgIpc) is 2.58. The highest BCUT2D eigenvalue weighted by atomic mass is 35.5. The molecule has 0 fully saturated rings. The Balaban J connectivity index is 1.78. The summed E-state index contributed by atoms with van der Waals surface area (Å²) in [6, 6.07) is 14.9. The van der Waals surface area contributed by atoms with Crippen molar-refractivity contribution in [1.82, 2.24) is 16.2 Å². The van der Waals surface area contributed by atoms with Crippen molar-refractivity contribution in [2.24, 2.45) is 0 Å². The van der Waals surface area contributed by atoms with Crippen LogP contribution in [-0.4, -0.2) is 24.3 Å². The van der Waals surface area contributed by atoms with E-state index in [-0.39, 0.29) is 12.1 Å². The number of hydrogen-bond donors (Lipinski definition) is 3. The second kappa shape index (κ2) is 7.95. The van der Waals surface area contributed by atoms with Gasteiger partial charge in [-0.1, -0.05) is 41.9 Å². The maximum absolute atomic E-state index is 11.9. The molecule has 7 heteroatoms. The Morgan fingerprint density at radius 2 is 1.48 bits per heavy atom. The first-order valence-electron chi connectivity index (χ1n) is 6.75. The van der Waals surface area contributed by atoms with Crippen LogP contribution in [0, 0.1) is 0 Å². The molecule has 0 saturated heterocycles. The molecule has 0 aromatic heterocycles. The molecular weight excluding hydrogens is 318 g/mol. The number of carbonyl (C=O) groups is 3. The van der Waals surface area contributed by atoms with Crippen molar-refractivity contribution in [1.29, 1.82) is 0 Å². The Bertz CT molecular complexity index is 720. The van der Waals surface area contributed by atoms with Crippen LogP contribution in [0.1, 0.15) is 20.7 Å². The topological polar surface area (TPSA) is 87.3 Å². The fraction of sp³-hybridized carbons (Fsp3) is 0.0625. The van der Waals surface area contributed by atoms with Crippen LogP contribution in [0.15, 0.2) is 54.6 Å².